The molecule has 170 valence electrons. The van der Waals surface area contributed by atoms with Gasteiger partial charge in [0.2, 0.25) is 0 Å². The average molecular weight is 435 g/mol. The lowest BCUT2D eigenvalue weighted by molar-refractivity contribution is -0.152. The molecule has 0 amide bonds. The quantitative estimate of drug-likeness (QED) is 0.498. The van der Waals surface area contributed by atoms with Crippen LogP contribution < -0.4 is 0 Å². The summed E-state index contributed by atoms with van der Waals surface area (Å²) in [4.78, 5) is 4.32. The van der Waals surface area contributed by atoms with Crippen LogP contribution in [0.5, 0.6) is 0 Å². The van der Waals surface area contributed by atoms with Crippen molar-refractivity contribution in [3.63, 3.8) is 0 Å². The van der Waals surface area contributed by atoms with E-state index in [2.05, 4.69) is 11.8 Å². The molecule has 1 aliphatic carbocycles. The minimum Gasteiger partial charge on any atom is -0.381 e. The highest BCUT2D eigenvalue weighted by Crippen LogP contribution is 2.44. The maximum absolute atomic E-state index is 14.8. The average Bonchev–Trinajstić information content (AvgIpc) is 2.44. The van der Waals surface area contributed by atoms with E-state index in [1.54, 1.807) is 7.11 Å². The van der Waals surface area contributed by atoms with Gasteiger partial charge in [0.25, 0.3) is 5.92 Å². The fourth-order valence-electron chi connectivity index (χ4n) is 5.71. The summed E-state index contributed by atoms with van der Waals surface area (Å²) < 4.78 is 40.4. The van der Waals surface area contributed by atoms with Crippen LogP contribution in [0.2, 0.25) is 0 Å². The van der Waals surface area contributed by atoms with Gasteiger partial charge >= 0.3 is 0 Å². The van der Waals surface area contributed by atoms with Crippen molar-refractivity contribution in [2.75, 3.05) is 53.0 Å². The number of likely N-dealkylation sites (tertiary alicyclic amines) is 2. The molecule has 3 fully saturated rings. The summed E-state index contributed by atoms with van der Waals surface area (Å²) in [5, 5.41) is 0. The van der Waals surface area contributed by atoms with Gasteiger partial charge in [-0.3, -0.25) is 4.90 Å². The maximum Gasteiger partial charge on any atom is 0.261 e. The Morgan fingerprint density at radius 2 is 1.59 bits per heavy atom. The molecule has 4 nitrogen and oxygen atoms in total. The smallest absolute Gasteiger partial charge is 0.261 e. The Morgan fingerprint density at radius 1 is 1.00 bits per heavy atom. The standard InChI is InChI=1S/C22H40F2N2O2S/c1-6-25-11-21(12-25)13-26(14-21)15-22(23,24)10-19(2,3)9-20(4,29)16-28-18-7-17(8-18)27-5/h17-18,29H,6-16H2,1-5H3. The molecular weight excluding hydrogens is 394 g/mol. The van der Waals surface area contributed by atoms with Crippen molar-refractivity contribution in [3.05, 3.63) is 0 Å². The van der Waals surface area contributed by atoms with Crippen molar-refractivity contribution in [2.45, 2.75) is 76.3 Å². The largest absolute Gasteiger partial charge is 0.381 e. The minimum atomic E-state index is -2.68. The Bertz CT molecular complexity index is 553. The van der Waals surface area contributed by atoms with Gasteiger partial charge in [-0.15, -0.1) is 0 Å². The number of rotatable bonds is 11. The van der Waals surface area contributed by atoms with Crippen molar-refractivity contribution in [2.24, 2.45) is 10.8 Å². The van der Waals surface area contributed by atoms with Gasteiger partial charge in [0, 0.05) is 49.9 Å². The first-order chi connectivity index (χ1) is 13.3. The van der Waals surface area contributed by atoms with Gasteiger partial charge in [0.05, 0.1) is 25.4 Å². The lowest BCUT2D eigenvalue weighted by Gasteiger charge is -2.61. The number of thiol groups is 1. The van der Waals surface area contributed by atoms with E-state index in [1.165, 1.54) is 0 Å². The summed E-state index contributed by atoms with van der Waals surface area (Å²) in [5.41, 5.74) is -0.206. The fraction of sp³-hybridized carbons (Fsp3) is 1.00. The second-order valence-electron chi connectivity index (χ2n) is 11.1. The van der Waals surface area contributed by atoms with E-state index in [4.69, 9.17) is 22.1 Å². The SMILES string of the molecule is CCN1CC2(C1)CN(CC(F)(F)CC(C)(C)CC(C)(S)COC1CC(OC)C1)C2. The van der Waals surface area contributed by atoms with Crippen LogP contribution in [0.4, 0.5) is 8.78 Å². The Labute approximate surface area is 181 Å². The molecule has 3 rings (SSSR count). The minimum absolute atomic E-state index is 0.115. The molecule has 0 aromatic heterocycles. The molecule has 29 heavy (non-hydrogen) atoms. The molecule has 1 unspecified atom stereocenters. The molecule has 1 saturated carbocycles. The second kappa shape index (κ2) is 8.53. The first-order valence-corrected chi connectivity index (χ1v) is 11.5. The Morgan fingerprint density at radius 3 is 2.14 bits per heavy atom. The monoisotopic (exact) mass is 434 g/mol. The Hall–Kier alpha value is 0.0500. The Balaban J connectivity index is 1.39. The number of methoxy groups -OCH3 is 1. The van der Waals surface area contributed by atoms with Crippen LogP contribution in [0.15, 0.2) is 0 Å². The summed E-state index contributed by atoms with van der Waals surface area (Å²) >= 11 is 4.76. The molecule has 7 heteroatoms. The molecule has 0 bridgehead atoms. The molecule has 3 aliphatic rings. The highest BCUT2D eigenvalue weighted by Gasteiger charge is 2.53. The molecule has 1 atom stereocenters. The third kappa shape index (κ3) is 6.28. The molecule has 0 radical (unpaired) electrons. The van der Waals surface area contributed by atoms with Gasteiger partial charge in [-0.25, -0.2) is 8.78 Å². The third-order valence-corrected chi connectivity index (χ3v) is 7.04. The van der Waals surface area contributed by atoms with Crippen LogP contribution in [0.1, 0.15) is 53.4 Å². The number of hydrogen-bond acceptors (Lipinski definition) is 5. The van der Waals surface area contributed by atoms with Gasteiger partial charge in [0.15, 0.2) is 0 Å². The summed E-state index contributed by atoms with van der Waals surface area (Å²) in [6.45, 7) is 13.2. The van der Waals surface area contributed by atoms with Gasteiger partial charge in [0.1, 0.15) is 0 Å². The lowest BCUT2D eigenvalue weighted by atomic mass is 9.72. The van der Waals surface area contributed by atoms with Gasteiger partial charge in [-0.2, -0.15) is 12.6 Å². The van der Waals surface area contributed by atoms with E-state index in [0.717, 1.165) is 45.6 Å². The predicted octanol–water partition coefficient (Wildman–Crippen LogP) is 3.95. The molecule has 0 N–H and O–H groups in total. The van der Waals surface area contributed by atoms with Crippen LogP contribution >= 0.6 is 12.6 Å². The number of halogens is 2. The van der Waals surface area contributed by atoms with Crippen molar-refractivity contribution >= 4 is 12.6 Å². The maximum atomic E-state index is 14.8. The van der Waals surface area contributed by atoms with Crippen LogP contribution in [0.3, 0.4) is 0 Å². The Kier molecular flexibility index (Phi) is 6.97. The van der Waals surface area contributed by atoms with E-state index >= 15 is 0 Å². The second-order valence-corrected chi connectivity index (χ2v) is 12.2. The summed E-state index contributed by atoms with van der Waals surface area (Å²) in [7, 11) is 1.72. The normalized spacial score (nSPS) is 29.8. The lowest BCUT2D eigenvalue weighted by Crippen LogP contribution is -2.72. The fourth-order valence-corrected chi connectivity index (χ4v) is 6.21. The number of nitrogens with zero attached hydrogens (tertiary/aromatic N) is 2. The number of ether oxygens (including phenoxy) is 2. The van der Waals surface area contributed by atoms with E-state index in [0.29, 0.717) is 24.5 Å². The zero-order valence-corrected chi connectivity index (χ0v) is 19.7. The molecular formula is C22H40F2N2O2S. The highest BCUT2D eigenvalue weighted by molar-refractivity contribution is 7.81. The van der Waals surface area contributed by atoms with E-state index in [9.17, 15) is 8.78 Å². The summed E-state index contributed by atoms with van der Waals surface area (Å²) in [6.07, 6.45) is 2.81. The van der Waals surface area contributed by atoms with Crippen molar-refractivity contribution in [3.8, 4) is 0 Å². The van der Waals surface area contributed by atoms with Crippen LogP contribution in [0, 0.1) is 10.8 Å². The van der Waals surface area contributed by atoms with Crippen LogP contribution in [-0.4, -0.2) is 85.7 Å². The highest BCUT2D eigenvalue weighted by atomic mass is 32.1. The van der Waals surface area contributed by atoms with E-state index < -0.39 is 16.1 Å². The topological polar surface area (TPSA) is 24.9 Å². The number of hydrogen-bond donors (Lipinski definition) is 1. The molecule has 2 saturated heterocycles. The molecule has 1 spiro atoms. The van der Waals surface area contributed by atoms with Crippen molar-refractivity contribution in [1.82, 2.24) is 9.80 Å². The van der Waals surface area contributed by atoms with Gasteiger partial charge in [-0.05, 0) is 38.1 Å². The van der Waals surface area contributed by atoms with E-state index in [1.807, 2.05) is 25.7 Å². The van der Waals surface area contributed by atoms with Gasteiger partial charge < -0.3 is 14.4 Å². The molecule has 0 aromatic carbocycles. The van der Waals surface area contributed by atoms with Crippen molar-refractivity contribution < 1.29 is 18.3 Å². The zero-order chi connectivity index (χ0) is 21.5. The molecule has 0 aromatic rings. The van der Waals surface area contributed by atoms with Crippen molar-refractivity contribution in [1.29, 1.82) is 0 Å². The first kappa shape index (κ1) is 23.7. The summed E-state index contributed by atoms with van der Waals surface area (Å²) in [5.74, 6) is -2.68. The summed E-state index contributed by atoms with van der Waals surface area (Å²) in [6, 6.07) is 0. The zero-order valence-electron chi connectivity index (χ0n) is 18.8. The number of alkyl halides is 2. The molecule has 2 heterocycles. The third-order valence-electron chi connectivity index (χ3n) is 6.75. The first-order valence-electron chi connectivity index (χ1n) is 11.0. The van der Waals surface area contributed by atoms with Gasteiger partial charge in [-0.1, -0.05) is 20.8 Å². The van der Waals surface area contributed by atoms with E-state index in [-0.39, 0.29) is 19.1 Å². The predicted molar refractivity (Wildman–Crippen MR) is 116 cm³/mol. The van der Waals surface area contributed by atoms with Crippen LogP contribution in [0.25, 0.3) is 0 Å². The molecule has 2 aliphatic heterocycles. The van der Waals surface area contributed by atoms with Crippen LogP contribution in [-0.2, 0) is 9.47 Å².